The Morgan fingerprint density at radius 1 is 0.885 bits per heavy atom. The summed E-state index contributed by atoms with van der Waals surface area (Å²) in [6.45, 7) is 0.555. The summed E-state index contributed by atoms with van der Waals surface area (Å²) < 4.78 is 5.79. The molecule has 0 amide bonds. The third-order valence-electron chi connectivity index (χ3n) is 3.69. The normalized spacial score (nSPS) is 10.2. The maximum Gasteiger partial charge on any atom is 0.175 e. The molecule has 3 aromatic carbocycles. The first-order valence-electron chi connectivity index (χ1n) is 8.22. The molecule has 0 heterocycles. The zero-order chi connectivity index (χ0) is 18.2. The van der Waals surface area contributed by atoms with Gasteiger partial charge in [0.25, 0.3) is 0 Å². The Hall–Kier alpha value is -2.50. The van der Waals surface area contributed by atoms with Gasteiger partial charge in [-0.05, 0) is 66.5 Å². The van der Waals surface area contributed by atoms with Crippen molar-refractivity contribution in [2.45, 2.75) is 11.5 Å². The maximum atomic E-state index is 5.79. The summed E-state index contributed by atoms with van der Waals surface area (Å²) in [5.41, 5.74) is 3.03. The molecule has 0 aliphatic heterocycles. The number of hydrogen-bond acceptors (Lipinski definition) is 3. The molecular weight excluding hydrogens is 360 g/mol. The average molecular weight is 381 g/mol. The number of hydrogen-bond donors (Lipinski definition) is 2. The largest absolute Gasteiger partial charge is 0.489 e. The summed E-state index contributed by atoms with van der Waals surface area (Å²) in [5.74, 6) is 0.825. The zero-order valence-corrected chi connectivity index (χ0v) is 16.1. The second-order valence-electron chi connectivity index (χ2n) is 5.61. The average Bonchev–Trinajstić information content (AvgIpc) is 2.68. The summed E-state index contributed by atoms with van der Waals surface area (Å²) in [4.78, 5) is 1.19. The molecular formula is C21H20N2OS2. The van der Waals surface area contributed by atoms with Crippen molar-refractivity contribution in [3.63, 3.8) is 0 Å². The first kappa shape index (κ1) is 18.3. The van der Waals surface area contributed by atoms with E-state index in [1.165, 1.54) is 4.90 Å². The number of nitrogens with one attached hydrogen (secondary N) is 2. The second-order valence-corrected chi connectivity index (χ2v) is 6.90. The van der Waals surface area contributed by atoms with Gasteiger partial charge in [0.1, 0.15) is 12.4 Å². The number of thioether (sulfide) groups is 1. The SMILES string of the molecule is CSc1cccc(NC(=S)Nc2ccc(OCc3ccccc3)cc2)c1. The van der Waals surface area contributed by atoms with Crippen LogP contribution in [-0.4, -0.2) is 11.4 Å². The molecule has 0 aromatic heterocycles. The summed E-state index contributed by atoms with van der Waals surface area (Å²) in [6, 6.07) is 26.0. The molecule has 0 atom stereocenters. The predicted octanol–water partition coefficient (Wildman–Crippen LogP) is 5.80. The van der Waals surface area contributed by atoms with Crippen LogP contribution in [0.25, 0.3) is 0 Å². The topological polar surface area (TPSA) is 33.3 Å². The Kier molecular flexibility index (Phi) is 6.52. The van der Waals surface area contributed by atoms with Gasteiger partial charge in [0.15, 0.2) is 5.11 Å². The Bertz CT molecular complexity index is 851. The van der Waals surface area contributed by atoms with Crippen LogP contribution in [0.3, 0.4) is 0 Å². The Balaban J connectivity index is 1.52. The van der Waals surface area contributed by atoms with Gasteiger partial charge in [-0.2, -0.15) is 0 Å². The van der Waals surface area contributed by atoms with Gasteiger partial charge in [0.05, 0.1) is 0 Å². The van der Waals surface area contributed by atoms with E-state index in [1.54, 1.807) is 11.8 Å². The third kappa shape index (κ3) is 5.51. The molecule has 2 N–H and O–H groups in total. The van der Waals surface area contributed by atoms with Gasteiger partial charge in [0.2, 0.25) is 0 Å². The van der Waals surface area contributed by atoms with Crippen molar-refractivity contribution >= 4 is 40.5 Å². The van der Waals surface area contributed by atoms with E-state index in [4.69, 9.17) is 17.0 Å². The zero-order valence-electron chi connectivity index (χ0n) is 14.4. The van der Waals surface area contributed by atoms with Gasteiger partial charge >= 0.3 is 0 Å². The highest BCUT2D eigenvalue weighted by Crippen LogP contribution is 2.20. The van der Waals surface area contributed by atoms with E-state index in [-0.39, 0.29) is 0 Å². The van der Waals surface area contributed by atoms with Crippen molar-refractivity contribution in [2.75, 3.05) is 16.9 Å². The van der Waals surface area contributed by atoms with Crippen molar-refractivity contribution in [1.82, 2.24) is 0 Å². The second kappa shape index (κ2) is 9.27. The molecule has 0 radical (unpaired) electrons. The molecule has 0 bridgehead atoms. The lowest BCUT2D eigenvalue weighted by atomic mass is 10.2. The fraction of sp³-hybridized carbons (Fsp3) is 0.0952. The van der Waals surface area contributed by atoms with Crippen LogP contribution in [-0.2, 0) is 6.61 Å². The third-order valence-corrected chi connectivity index (χ3v) is 4.62. The van der Waals surface area contributed by atoms with E-state index < -0.39 is 0 Å². The highest BCUT2D eigenvalue weighted by molar-refractivity contribution is 7.98. The quantitative estimate of drug-likeness (QED) is 0.417. The molecule has 0 saturated heterocycles. The fourth-order valence-corrected chi connectivity index (χ4v) is 3.06. The van der Waals surface area contributed by atoms with Crippen molar-refractivity contribution in [3.8, 4) is 5.75 Å². The van der Waals surface area contributed by atoms with Crippen LogP contribution < -0.4 is 15.4 Å². The van der Waals surface area contributed by atoms with E-state index in [0.717, 1.165) is 22.7 Å². The van der Waals surface area contributed by atoms with Gasteiger partial charge in [-0.3, -0.25) is 0 Å². The standard InChI is InChI=1S/C21H20N2OS2/c1-26-20-9-5-8-18(14-20)23-21(25)22-17-10-12-19(13-11-17)24-15-16-6-3-2-4-7-16/h2-14H,15H2,1H3,(H2,22,23,25). The molecule has 3 rings (SSSR count). The van der Waals surface area contributed by atoms with Crippen LogP contribution in [0.1, 0.15) is 5.56 Å². The fourth-order valence-electron chi connectivity index (χ4n) is 2.37. The molecule has 0 unspecified atom stereocenters. The van der Waals surface area contributed by atoms with Crippen molar-refractivity contribution in [1.29, 1.82) is 0 Å². The molecule has 0 fully saturated rings. The summed E-state index contributed by atoms with van der Waals surface area (Å²) in [6.07, 6.45) is 2.05. The summed E-state index contributed by atoms with van der Waals surface area (Å²) in [7, 11) is 0. The smallest absolute Gasteiger partial charge is 0.175 e. The van der Waals surface area contributed by atoms with Crippen LogP contribution >= 0.6 is 24.0 Å². The van der Waals surface area contributed by atoms with Gasteiger partial charge in [-0.15, -0.1) is 11.8 Å². The van der Waals surface area contributed by atoms with Crippen molar-refractivity contribution in [2.24, 2.45) is 0 Å². The Labute approximate surface area is 163 Å². The molecule has 5 heteroatoms. The minimum atomic E-state index is 0.555. The number of thiocarbonyl (C=S) groups is 1. The number of benzene rings is 3. The van der Waals surface area contributed by atoms with Crippen LogP contribution in [0.4, 0.5) is 11.4 Å². The molecule has 26 heavy (non-hydrogen) atoms. The lowest BCUT2D eigenvalue weighted by Crippen LogP contribution is -2.18. The predicted molar refractivity (Wildman–Crippen MR) is 115 cm³/mol. The van der Waals surface area contributed by atoms with E-state index in [2.05, 4.69) is 29.0 Å². The van der Waals surface area contributed by atoms with Gasteiger partial charge < -0.3 is 15.4 Å². The molecule has 0 aliphatic carbocycles. The van der Waals surface area contributed by atoms with Gasteiger partial charge in [-0.1, -0.05) is 36.4 Å². The van der Waals surface area contributed by atoms with Crippen LogP contribution in [0.15, 0.2) is 83.8 Å². The van der Waals surface area contributed by atoms with E-state index in [9.17, 15) is 0 Å². The lowest BCUT2D eigenvalue weighted by Gasteiger charge is -2.12. The Morgan fingerprint density at radius 3 is 2.35 bits per heavy atom. The number of ether oxygens (including phenoxy) is 1. The first-order valence-corrected chi connectivity index (χ1v) is 9.85. The van der Waals surface area contributed by atoms with E-state index in [0.29, 0.717) is 11.7 Å². The minimum absolute atomic E-state index is 0.555. The number of anilines is 2. The number of rotatable bonds is 6. The summed E-state index contributed by atoms with van der Waals surface area (Å²) >= 11 is 7.09. The monoisotopic (exact) mass is 380 g/mol. The summed E-state index contributed by atoms with van der Waals surface area (Å²) in [5, 5.41) is 6.95. The first-order chi connectivity index (χ1) is 12.7. The molecule has 0 aliphatic rings. The molecule has 0 saturated carbocycles. The van der Waals surface area contributed by atoms with Gasteiger partial charge in [-0.25, -0.2) is 0 Å². The molecule has 132 valence electrons. The van der Waals surface area contributed by atoms with Crippen LogP contribution in [0.2, 0.25) is 0 Å². The Morgan fingerprint density at radius 2 is 1.62 bits per heavy atom. The van der Waals surface area contributed by atoms with E-state index in [1.807, 2.05) is 66.7 Å². The lowest BCUT2D eigenvalue weighted by molar-refractivity contribution is 0.306. The highest BCUT2D eigenvalue weighted by Gasteiger charge is 2.01. The van der Waals surface area contributed by atoms with Crippen LogP contribution in [0.5, 0.6) is 5.75 Å². The highest BCUT2D eigenvalue weighted by atomic mass is 32.2. The van der Waals surface area contributed by atoms with E-state index >= 15 is 0 Å². The van der Waals surface area contributed by atoms with Crippen molar-refractivity contribution in [3.05, 3.63) is 84.4 Å². The van der Waals surface area contributed by atoms with Crippen molar-refractivity contribution < 1.29 is 4.74 Å². The molecule has 3 nitrogen and oxygen atoms in total. The maximum absolute atomic E-state index is 5.79. The van der Waals surface area contributed by atoms with Crippen LogP contribution in [0, 0.1) is 0 Å². The minimum Gasteiger partial charge on any atom is -0.489 e. The molecule has 3 aromatic rings. The van der Waals surface area contributed by atoms with Gasteiger partial charge in [0, 0.05) is 16.3 Å². The molecule has 0 spiro atoms.